The number of hydrogen-bond acceptors (Lipinski definition) is 4. The molecule has 0 heterocycles. The summed E-state index contributed by atoms with van der Waals surface area (Å²) in [6, 6.07) is 6.26. The fourth-order valence-electron chi connectivity index (χ4n) is 1.67. The van der Waals surface area contributed by atoms with Crippen molar-refractivity contribution >= 4 is 10.0 Å². The first-order valence-electron chi connectivity index (χ1n) is 6.42. The Labute approximate surface area is 120 Å². The van der Waals surface area contributed by atoms with Crippen LogP contribution in [-0.2, 0) is 10.0 Å². The lowest BCUT2D eigenvalue weighted by Gasteiger charge is -2.19. The van der Waals surface area contributed by atoms with Crippen LogP contribution in [0.1, 0.15) is 13.3 Å². The lowest BCUT2D eigenvalue weighted by atomic mass is 10.3. The van der Waals surface area contributed by atoms with Gasteiger partial charge >= 0.3 is 0 Å². The topological polar surface area (TPSA) is 72.6 Å². The first kappa shape index (κ1) is 16.5. The zero-order valence-electron chi connectivity index (χ0n) is 11.6. The molecule has 0 radical (unpaired) electrons. The van der Waals surface area contributed by atoms with Crippen LogP contribution >= 0.6 is 0 Å². The molecule has 0 saturated carbocycles. The molecule has 0 amide bonds. The average Bonchev–Trinajstić information content (AvgIpc) is 2.45. The normalized spacial score (nSPS) is 11.3. The Hall–Kier alpha value is -1.55. The lowest BCUT2D eigenvalue weighted by Crippen LogP contribution is -2.32. The van der Waals surface area contributed by atoms with E-state index in [4.69, 9.17) is 16.9 Å². The van der Waals surface area contributed by atoms with Crippen LogP contribution < -0.4 is 10.5 Å². The molecule has 0 aromatic heterocycles. The Bertz CT molecular complexity index is 547. The van der Waals surface area contributed by atoms with Crippen LogP contribution in [0.2, 0.25) is 0 Å². The third-order valence-corrected chi connectivity index (χ3v) is 4.45. The van der Waals surface area contributed by atoms with Gasteiger partial charge in [0.25, 0.3) is 0 Å². The van der Waals surface area contributed by atoms with Crippen LogP contribution in [0.15, 0.2) is 29.2 Å². The van der Waals surface area contributed by atoms with Crippen molar-refractivity contribution in [3.05, 3.63) is 24.3 Å². The molecule has 0 spiro atoms. The highest BCUT2D eigenvalue weighted by atomic mass is 32.2. The number of terminal acetylenes is 1. The predicted octanol–water partition coefficient (Wildman–Crippen LogP) is 1.06. The van der Waals surface area contributed by atoms with Crippen LogP contribution in [0.4, 0.5) is 0 Å². The number of sulfonamides is 1. The van der Waals surface area contributed by atoms with Crippen molar-refractivity contribution in [2.75, 3.05) is 26.2 Å². The summed E-state index contributed by atoms with van der Waals surface area (Å²) in [7, 11) is -3.55. The van der Waals surface area contributed by atoms with Gasteiger partial charge in [-0.2, -0.15) is 4.31 Å². The highest BCUT2D eigenvalue weighted by Crippen LogP contribution is 2.19. The predicted molar refractivity (Wildman–Crippen MR) is 78.9 cm³/mol. The number of benzene rings is 1. The van der Waals surface area contributed by atoms with E-state index in [1.165, 1.54) is 16.4 Å². The second kappa shape index (κ2) is 7.90. The van der Waals surface area contributed by atoms with Gasteiger partial charge in [0.15, 0.2) is 0 Å². The molecule has 1 aromatic rings. The summed E-state index contributed by atoms with van der Waals surface area (Å²) in [6.45, 7) is 3.18. The van der Waals surface area contributed by atoms with E-state index in [9.17, 15) is 8.42 Å². The molecule has 0 bridgehead atoms. The van der Waals surface area contributed by atoms with Gasteiger partial charge in [0.2, 0.25) is 10.0 Å². The molecule has 110 valence electrons. The van der Waals surface area contributed by atoms with Gasteiger partial charge in [0, 0.05) is 13.1 Å². The van der Waals surface area contributed by atoms with Crippen LogP contribution in [0.3, 0.4) is 0 Å². The standard InChI is InChI=1S/C14H20N2O3S/c1-3-10-16(11-4-2)20(17,18)14-7-5-13(6-8-14)19-12-9-15/h1,5-8H,4,9-12,15H2,2H3. The quantitative estimate of drug-likeness (QED) is 0.728. The van der Waals surface area contributed by atoms with E-state index in [0.29, 0.717) is 31.9 Å². The summed E-state index contributed by atoms with van der Waals surface area (Å²) >= 11 is 0. The highest BCUT2D eigenvalue weighted by Gasteiger charge is 2.22. The van der Waals surface area contributed by atoms with E-state index in [-0.39, 0.29) is 11.4 Å². The summed E-state index contributed by atoms with van der Waals surface area (Å²) in [4.78, 5) is 0.210. The summed E-state index contributed by atoms with van der Waals surface area (Å²) in [5.74, 6) is 2.97. The van der Waals surface area contributed by atoms with Crippen LogP contribution in [0.5, 0.6) is 5.75 Å². The minimum Gasteiger partial charge on any atom is -0.492 e. The molecule has 6 heteroatoms. The molecule has 0 aliphatic carbocycles. The van der Waals surface area contributed by atoms with E-state index >= 15 is 0 Å². The second-order valence-corrected chi connectivity index (χ2v) is 6.09. The van der Waals surface area contributed by atoms with E-state index in [2.05, 4.69) is 5.92 Å². The van der Waals surface area contributed by atoms with Crippen molar-refractivity contribution in [3.63, 3.8) is 0 Å². The van der Waals surface area contributed by atoms with Gasteiger partial charge in [-0.1, -0.05) is 12.8 Å². The third-order valence-electron chi connectivity index (χ3n) is 2.59. The minimum absolute atomic E-state index is 0.0710. The first-order chi connectivity index (χ1) is 9.56. The molecule has 20 heavy (non-hydrogen) atoms. The number of nitrogens with two attached hydrogens (primary N) is 1. The summed E-state index contributed by atoms with van der Waals surface area (Å²) < 4.78 is 31.4. The Morgan fingerprint density at radius 1 is 1.35 bits per heavy atom. The zero-order chi connectivity index (χ0) is 15.0. The molecule has 0 aliphatic rings. The monoisotopic (exact) mass is 296 g/mol. The summed E-state index contributed by atoms with van der Waals surface area (Å²) in [6.07, 6.45) is 5.93. The van der Waals surface area contributed by atoms with Crippen molar-refractivity contribution in [1.82, 2.24) is 4.31 Å². The zero-order valence-corrected chi connectivity index (χ0v) is 12.4. The SMILES string of the molecule is C#CCN(CCC)S(=O)(=O)c1ccc(OCCN)cc1. The maximum Gasteiger partial charge on any atom is 0.243 e. The molecule has 0 aliphatic heterocycles. The average molecular weight is 296 g/mol. The van der Waals surface area contributed by atoms with Gasteiger partial charge in [0.05, 0.1) is 11.4 Å². The largest absolute Gasteiger partial charge is 0.492 e. The molecule has 5 nitrogen and oxygen atoms in total. The molecule has 2 N–H and O–H groups in total. The molecular formula is C14H20N2O3S. The van der Waals surface area contributed by atoms with E-state index in [0.717, 1.165) is 0 Å². The van der Waals surface area contributed by atoms with Crippen LogP contribution in [-0.4, -0.2) is 39.0 Å². The lowest BCUT2D eigenvalue weighted by molar-refractivity contribution is 0.328. The summed E-state index contributed by atoms with van der Waals surface area (Å²) in [5, 5.41) is 0. The van der Waals surface area contributed by atoms with Crippen molar-refractivity contribution in [1.29, 1.82) is 0 Å². The van der Waals surface area contributed by atoms with Gasteiger partial charge in [-0.25, -0.2) is 8.42 Å². The van der Waals surface area contributed by atoms with Gasteiger partial charge in [-0.05, 0) is 30.7 Å². The van der Waals surface area contributed by atoms with E-state index in [1.54, 1.807) is 12.1 Å². The summed E-state index contributed by atoms with van der Waals surface area (Å²) in [5.41, 5.74) is 5.34. The molecule has 0 atom stereocenters. The fraction of sp³-hybridized carbons (Fsp3) is 0.429. The van der Waals surface area contributed by atoms with E-state index in [1.807, 2.05) is 6.92 Å². The van der Waals surface area contributed by atoms with Gasteiger partial charge in [-0.3, -0.25) is 0 Å². The number of ether oxygens (including phenoxy) is 1. The Morgan fingerprint density at radius 3 is 2.50 bits per heavy atom. The Morgan fingerprint density at radius 2 is 2.00 bits per heavy atom. The van der Waals surface area contributed by atoms with Crippen LogP contribution in [0, 0.1) is 12.3 Å². The van der Waals surface area contributed by atoms with Crippen molar-refractivity contribution < 1.29 is 13.2 Å². The number of hydrogen-bond donors (Lipinski definition) is 1. The first-order valence-corrected chi connectivity index (χ1v) is 7.86. The highest BCUT2D eigenvalue weighted by molar-refractivity contribution is 7.89. The van der Waals surface area contributed by atoms with E-state index < -0.39 is 10.0 Å². The molecule has 0 unspecified atom stereocenters. The second-order valence-electron chi connectivity index (χ2n) is 4.15. The Balaban J connectivity index is 2.93. The number of rotatable bonds is 8. The molecule has 0 fully saturated rings. The smallest absolute Gasteiger partial charge is 0.243 e. The third kappa shape index (κ3) is 4.23. The molecule has 1 aromatic carbocycles. The van der Waals surface area contributed by atoms with Gasteiger partial charge in [0.1, 0.15) is 12.4 Å². The molecular weight excluding hydrogens is 276 g/mol. The maximum atomic E-state index is 12.4. The van der Waals surface area contributed by atoms with Crippen molar-refractivity contribution in [2.45, 2.75) is 18.2 Å². The van der Waals surface area contributed by atoms with Gasteiger partial charge in [-0.15, -0.1) is 6.42 Å². The van der Waals surface area contributed by atoms with Gasteiger partial charge < -0.3 is 10.5 Å². The van der Waals surface area contributed by atoms with Crippen molar-refractivity contribution in [2.24, 2.45) is 5.73 Å². The fourth-order valence-corrected chi connectivity index (χ4v) is 3.11. The van der Waals surface area contributed by atoms with Crippen LogP contribution in [0.25, 0.3) is 0 Å². The molecule has 0 saturated heterocycles. The number of nitrogens with zero attached hydrogens (tertiary/aromatic N) is 1. The maximum absolute atomic E-state index is 12.4. The minimum atomic E-state index is -3.55. The Kier molecular flexibility index (Phi) is 6.52. The van der Waals surface area contributed by atoms with Crippen molar-refractivity contribution in [3.8, 4) is 18.1 Å². The molecule has 1 rings (SSSR count).